The lowest BCUT2D eigenvalue weighted by molar-refractivity contribution is -0.122. The number of hydrogen-bond acceptors (Lipinski definition) is 5. The van der Waals surface area contributed by atoms with Crippen LogP contribution >= 0.6 is 24.0 Å². The first-order chi connectivity index (χ1) is 14.9. The van der Waals surface area contributed by atoms with Crippen molar-refractivity contribution in [2.75, 3.05) is 73.6 Å². The normalized spacial score (nSPS) is 14.9. The third-order valence-electron chi connectivity index (χ3n) is 5.01. The average Bonchev–Trinajstić information content (AvgIpc) is 2.74. The molecule has 2 rings (SSSR count). The Labute approximate surface area is 208 Å². The number of nitrogens with zero attached hydrogens (tertiary/aromatic N) is 4. The van der Waals surface area contributed by atoms with Gasteiger partial charge in [-0.05, 0) is 38.7 Å². The second-order valence-corrected chi connectivity index (χ2v) is 7.94. The van der Waals surface area contributed by atoms with E-state index in [0.29, 0.717) is 38.3 Å². The second-order valence-electron chi connectivity index (χ2n) is 7.94. The quantitative estimate of drug-likeness (QED) is 0.194. The fraction of sp³-hybridized carbons (Fsp3) is 0.636. The van der Waals surface area contributed by atoms with Crippen molar-refractivity contribution in [1.82, 2.24) is 25.3 Å². The zero-order valence-electron chi connectivity index (χ0n) is 19.7. The largest absolute Gasteiger partial charge is 0.383 e. The number of piperazine rings is 1. The van der Waals surface area contributed by atoms with Crippen LogP contribution in [-0.4, -0.2) is 100 Å². The molecule has 0 aromatic heterocycles. The summed E-state index contributed by atoms with van der Waals surface area (Å²) in [5.74, 6) is 0.691. The summed E-state index contributed by atoms with van der Waals surface area (Å²) in [7, 11) is 5.47. The molecule has 1 fully saturated rings. The Bertz CT molecular complexity index is 726. The minimum absolute atomic E-state index is 0. The van der Waals surface area contributed by atoms with Gasteiger partial charge in [0.1, 0.15) is 5.82 Å². The molecule has 10 heteroatoms. The van der Waals surface area contributed by atoms with E-state index < -0.39 is 0 Å². The third-order valence-corrected chi connectivity index (χ3v) is 5.01. The maximum atomic E-state index is 14.0. The molecule has 0 aliphatic carbocycles. The summed E-state index contributed by atoms with van der Waals surface area (Å²) < 4.78 is 19.0. The van der Waals surface area contributed by atoms with E-state index in [2.05, 4.69) is 20.4 Å². The molecule has 0 spiro atoms. The Morgan fingerprint density at radius 2 is 1.94 bits per heavy atom. The van der Waals surface area contributed by atoms with Crippen molar-refractivity contribution in [1.29, 1.82) is 0 Å². The Hall–Kier alpha value is -1.50. The zero-order valence-corrected chi connectivity index (χ0v) is 22.0. The summed E-state index contributed by atoms with van der Waals surface area (Å²) in [5, 5.41) is 6.21. The van der Waals surface area contributed by atoms with Gasteiger partial charge in [-0.25, -0.2) is 9.38 Å². The molecule has 1 aromatic carbocycles. The Kier molecular flexibility index (Phi) is 13.7. The average molecular weight is 564 g/mol. The highest BCUT2D eigenvalue weighted by atomic mass is 127. The number of rotatable bonds is 10. The molecule has 1 aromatic rings. The maximum Gasteiger partial charge on any atom is 0.234 e. The van der Waals surface area contributed by atoms with Crippen LogP contribution in [0.15, 0.2) is 23.2 Å². The number of methoxy groups -OCH3 is 1. The minimum Gasteiger partial charge on any atom is -0.383 e. The molecule has 1 heterocycles. The molecule has 0 saturated carbocycles. The minimum atomic E-state index is -0.185. The molecule has 0 atom stereocenters. The number of carbonyl (C=O) groups excluding carboxylic acids is 1. The van der Waals surface area contributed by atoms with E-state index in [9.17, 15) is 9.18 Å². The van der Waals surface area contributed by atoms with E-state index in [0.717, 1.165) is 44.2 Å². The van der Waals surface area contributed by atoms with Gasteiger partial charge in [0.05, 0.1) is 19.7 Å². The van der Waals surface area contributed by atoms with Gasteiger partial charge in [0.15, 0.2) is 5.96 Å². The molecule has 182 valence electrons. The molecule has 1 aliphatic heterocycles. The standard InChI is InChI=1S/C22H37FN6O2.HI/c1-5-24-22(26-15-18-6-7-20(23)19(14-18)16-27(2)3)29-11-9-28(10-12-29)17-21(30)25-8-13-31-4;/h6-7,14H,5,8-13,15-17H2,1-4H3,(H,24,26)(H,25,30);1H. The van der Waals surface area contributed by atoms with Gasteiger partial charge in [0, 0.05) is 58.5 Å². The van der Waals surface area contributed by atoms with Crippen LogP contribution in [0.2, 0.25) is 0 Å². The van der Waals surface area contributed by atoms with Gasteiger partial charge in [-0.3, -0.25) is 9.69 Å². The van der Waals surface area contributed by atoms with Crippen LogP contribution in [0.5, 0.6) is 0 Å². The predicted octanol–water partition coefficient (Wildman–Crippen LogP) is 1.35. The summed E-state index contributed by atoms with van der Waals surface area (Å²) >= 11 is 0. The number of ether oxygens (including phenoxy) is 1. The summed E-state index contributed by atoms with van der Waals surface area (Å²) in [4.78, 5) is 23.1. The molecule has 0 bridgehead atoms. The van der Waals surface area contributed by atoms with Crippen LogP contribution in [-0.2, 0) is 22.6 Å². The molecule has 2 N–H and O–H groups in total. The van der Waals surface area contributed by atoms with Crippen LogP contribution in [0.4, 0.5) is 4.39 Å². The SMILES string of the molecule is CCNC(=NCc1ccc(F)c(CN(C)C)c1)N1CCN(CC(=O)NCCOC)CC1.I. The predicted molar refractivity (Wildman–Crippen MR) is 137 cm³/mol. The number of halogens is 2. The number of benzene rings is 1. The zero-order chi connectivity index (χ0) is 22.6. The molecule has 1 amide bonds. The van der Waals surface area contributed by atoms with Crippen molar-refractivity contribution in [3.63, 3.8) is 0 Å². The van der Waals surface area contributed by atoms with Crippen LogP contribution in [0.3, 0.4) is 0 Å². The lowest BCUT2D eigenvalue weighted by Gasteiger charge is -2.36. The van der Waals surface area contributed by atoms with Crippen LogP contribution < -0.4 is 10.6 Å². The molecule has 32 heavy (non-hydrogen) atoms. The van der Waals surface area contributed by atoms with Gasteiger partial charge in [-0.2, -0.15) is 0 Å². The summed E-state index contributed by atoms with van der Waals surface area (Å²) in [5.41, 5.74) is 1.67. The topological polar surface area (TPSA) is 72.4 Å². The summed E-state index contributed by atoms with van der Waals surface area (Å²) in [6.07, 6.45) is 0. The second kappa shape index (κ2) is 15.4. The number of nitrogens with one attached hydrogen (secondary N) is 2. The number of amides is 1. The van der Waals surface area contributed by atoms with Crippen LogP contribution in [0.25, 0.3) is 0 Å². The fourth-order valence-electron chi connectivity index (χ4n) is 3.45. The lowest BCUT2D eigenvalue weighted by Crippen LogP contribution is -2.54. The Morgan fingerprint density at radius 3 is 2.56 bits per heavy atom. The van der Waals surface area contributed by atoms with Gasteiger partial charge in [0.25, 0.3) is 0 Å². The number of aliphatic imine (C=N–C) groups is 1. The van der Waals surface area contributed by atoms with Crippen molar-refractivity contribution in [2.24, 2.45) is 4.99 Å². The molecule has 0 radical (unpaired) electrons. The third kappa shape index (κ3) is 9.97. The van der Waals surface area contributed by atoms with Crippen LogP contribution in [0.1, 0.15) is 18.1 Å². The number of carbonyl (C=O) groups is 1. The molecule has 1 aliphatic rings. The highest BCUT2D eigenvalue weighted by molar-refractivity contribution is 14.0. The summed E-state index contributed by atoms with van der Waals surface area (Å²) in [6.45, 7) is 8.51. The molecular formula is C22H38FIN6O2. The van der Waals surface area contributed by atoms with E-state index in [1.165, 1.54) is 6.07 Å². The number of hydrogen-bond donors (Lipinski definition) is 2. The van der Waals surface area contributed by atoms with Gasteiger partial charge in [0.2, 0.25) is 5.91 Å². The van der Waals surface area contributed by atoms with E-state index in [1.807, 2.05) is 32.0 Å². The first kappa shape index (κ1) is 28.5. The van der Waals surface area contributed by atoms with E-state index in [4.69, 9.17) is 9.73 Å². The van der Waals surface area contributed by atoms with E-state index in [1.54, 1.807) is 13.2 Å². The van der Waals surface area contributed by atoms with Gasteiger partial charge >= 0.3 is 0 Å². The van der Waals surface area contributed by atoms with Crippen molar-refractivity contribution in [3.8, 4) is 0 Å². The van der Waals surface area contributed by atoms with Crippen molar-refractivity contribution >= 4 is 35.8 Å². The Morgan fingerprint density at radius 1 is 1.22 bits per heavy atom. The van der Waals surface area contributed by atoms with Crippen molar-refractivity contribution in [2.45, 2.75) is 20.0 Å². The van der Waals surface area contributed by atoms with Crippen molar-refractivity contribution < 1.29 is 13.9 Å². The summed E-state index contributed by atoms with van der Waals surface area (Å²) in [6, 6.07) is 5.21. The first-order valence-electron chi connectivity index (χ1n) is 10.9. The van der Waals surface area contributed by atoms with E-state index in [-0.39, 0.29) is 35.7 Å². The lowest BCUT2D eigenvalue weighted by atomic mass is 10.1. The van der Waals surface area contributed by atoms with Gasteiger partial charge in [-0.1, -0.05) is 6.07 Å². The highest BCUT2D eigenvalue weighted by Gasteiger charge is 2.21. The van der Waals surface area contributed by atoms with Gasteiger partial charge in [-0.15, -0.1) is 24.0 Å². The van der Waals surface area contributed by atoms with Crippen LogP contribution in [0, 0.1) is 5.82 Å². The molecule has 0 unspecified atom stereocenters. The van der Waals surface area contributed by atoms with Crippen molar-refractivity contribution in [3.05, 3.63) is 35.1 Å². The monoisotopic (exact) mass is 564 g/mol. The first-order valence-corrected chi connectivity index (χ1v) is 10.9. The van der Waals surface area contributed by atoms with E-state index >= 15 is 0 Å². The highest BCUT2D eigenvalue weighted by Crippen LogP contribution is 2.13. The number of guanidine groups is 1. The molecule has 8 nitrogen and oxygen atoms in total. The maximum absolute atomic E-state index is 14.0. The van der Waals surface area contributed by atoms with Gasteiger partial charge < -0.3 is 25.2 Å². The fourth-order valence-corrected chi connectivity index (χ4v) is 3.45. The molecular weight excluding hydrogens is 526 g/mol. The smallest absolute Gasteiger partial charge is 0.234 e. The Balaban J connectivity index is 0.00000512. The molecule has 1 saturated heterocycles.